The zero-order valence-corrected chi connectivity index (χ0v) is 10.6. The predicted molar refractivity (Wildman–Crippen MR) is 59.3 cm³/mol. The van der Waals surface area contributed by atoms with Gasteiger partial charge in [0.1, 0.15) is 5.60 Å². The van der Waals surface area contributed by atoms with Gasteiger partial charge in [0.25, 0.3) is 5.91 Å². The first kappa shape index (κ1) is 13.4. The summed E-state index contributed by atoms with van der Waals surface area (Å²) in [6, 6.07) is 0. The molecule has 16 heavy (non-hydrogen) atoms. The van der Waals surface area contributed by atoms with Crippen LogP contribution in [0, 0.1) is 0 Å². The largest absolute Gasteiger partial charge is 0.381 e. The van der Waals surface area contributed by atoms with Crippen molar-refractivity contribution in [2.24, 2.45) is 0 Å². The maximum absolute atomic E-state index is 11.7. The van der Waals surface area contributed by atoms with Gasteiger partial charge in [-0.2, -0.15) is 4.31 Å². The van der Waals surface area contributed by atoms with Gasteiger partial charge in [-0.1, -0.05) is 0 Å². The molecule has 1 heterocycles. The average molecular weight is 250 g/mol. The summed E-state index contributed by atoms with van der Waals surface area (Å²) >= 11 is 0. The van der Waals surface area contributed by atoms with Gasteiger partial charge in [0.2, 0.25) is 10.0 Å². The topological polar surface area (TPSA) is 77.9 Å². The number of rotatable bonds is 2. The first-order valence-corrected chi connectivity index (χ1v) is 6.94. The third-order valence-electron chi connectivity index (χ3n) is 2.52. The van der Waals surface area contributed by atoms with Crippen LogP contribution in [0.4, 0.5) is 0 Å². The summed E-state index contributed by atoms with van der Waals surface area (Å²) in [6.45, 7) is 4.10. The zero-order chi connectivity index (χ0) is 12.6. The Morgan fingerprint density at radius 1 is 1.19 bits per heavy atom. The van der Waals surface area contributed by atoms with Gasteiger partial charge in [0, 0.05) is 26.2 Å². The normalized spacial score (nSPS) is 19.9. The molecule has 0 unspecified atom stereocenters. The third kappa shape index (κ3) is 3.16. The SMILES string of the molecule is CC(C)(O)C(=O)N1CCN(S(C)(=O)=O)CC1. The monoisotopic (exact) mass is 250 g/mol. The number of carbonyl (C=O) groups excluding carboxylic acids is 1. The Morgan fingerprint density at radius 3 is 1.94 bits per heavy atom. The van der Waals surface area contributed by atoms with Gasteiger partial charge in [-0.05, 0) is 13.8 Å². The predicted octanol–water partition coefficient (Wildman–Crippen LogP) is -1.14. The van der Waals surface area contributed by atoms with Crippen molar-refractivity contribution in [3.63, 3.8) is 0 Å². The van der Waals surface area contributed by atoms with E-state index in [-0.39, 0.29) is 5.91 Å². The summed E-state index contributed by atoms with van der Waals surface area (Å²) in [5.74, 6) is -0.361. The highest BCUT2D eigenvalue weighted by molar-refractivity contribution is 7.88. The van der Waals surface area contributed by atoms with E-state index in [1.165, 1.54) is 23.1 Å². The minimum absolute atomic E-state index is 0.292. The standard InChI is InChI=1S/C9H18N2O4S/c1-9(2,13)8(12)10-4-6-11(7-5-10)16(3,14)15/h13H,4-7H2,1-3H3. The first-order valence-electron chi connectivity index (χ1n) is 5.09. The molecular weight excluding hydrogens is 232 g/mol. The maximum Gasteiger partial charge on any atom is 0.254 e. The van der Waals surface area contributed by atoms with Gasteiger partial charge in [0.15, 0.2) is 0 Å². The van der Waals surface area contributed by atoms with Crippen LogP contribution in [0.15, 0.2) is 0 Å². The molecule has 6 nitrogen and oxygen atoms in total. The van der Waals surface area contributed by atoms with Gasteiger partial charge < -0.3 is 10.0 Å². The summed E-state index contributed by atoms with van der Waals surface area (Å²) < 4.78 is 23.8. The number of nitrogens with zero attached hydrogens (tertiary/aromatic N) is 2. The van der Waals surface area contributed by atoms with E-state index in [2.05, 4.69) is 0 Å². The highest BCUT2D eigenvalue weighted by Crippen LogP contribution is 2.12. The molecule has 7 heteroatoms. The first-order chi connectivity index (χ1) is 7.12. The summed E-state index contributed by atoms with van der Waals surface area (Å²) in [6.07, 6.45) is 1.15. The van der Waals surface area contributed by atoms with Crippen molar-refractivity contribution in [1.82, 2.24) is 9.21 Å². The molecule has 0 aromatic carbocycles. The van der Waals surface area contributed by atoms with Gasteiger partial charge in [-0.25, -0.2) is 8.42 Å². The second-order valence-corrected chi connectivity index (χ2v) is 6.50. The van der Waals surface area contributed by atoms with Gasteiger partial charge >= 0.3 is 0 Å². The van der Waals surface area contributed by atoms with Crippen molar-refractivity contribution in [2.45, 2.75) is 19.4 Å². The molecule has 0 aromatic rings. The molecule has 1 fully saturated rings. The summed E-state index contributed by atoms with van der Waals surface area (Å²) in [5, 5.41) is 9.54. The van der Waals surface area contributed by atoms with Crippen molar-refractivity contribution in [2.75, 3.05) is 32.4 Å². The number of hydrogen-bond acceptors (Lipinski definition) is 4. The van der Waals surface area contributed by atoms with E-state index in [9.17, 15) is 18.3 Å². The zero-order valence-electron chi connectivity index (χ0n) is 9.80. The number of sulfonamides is 1. The average Bonchev–Trinajstić information content (AvgIpc) is 2.14. The van der Waals surface area contributed by atoms with Gasteiger partial charge in [-0.3, -0.25) is 4.79 Å². The quantitative estimate of drug-likeness (QED) is 0.672. The molecule has 0 radical (unpaired) electrons. The Labute approximate surface area is 95.9 Å². The number of hydrogen-bond donors (Lipinski definition) is 1. The van der Waals surface area contributed by atoms with Crippen molar-refractivity contribution in [1.29, 1.82) is 0 Å². The van der Waals surface area contributed by atoms with Crippen LogP contribution in [0.3, 0.4) is 0 Å². The Bertz CT molecular complexity index is 363. The van der Waals surface area contributed by atoms with Crippen LogP contribution in [0.25, 0.3) is 0 Å². The second kappa shape index (κ2) is 4.31. The molecule has 0 aliphatic carbocycles. The lowest BCUT2D eigenvalue weighted by Gasteiger charge is -2.35. The number of aliphatic hydroxyl groups is 1. The summed E-state index contributed by atoms with van der Waals surface area (Å²) in [7, 11) is -3.18. The molecular formula is C9H18N2O4S. The lowest BCUT2D eigenvalue weighted by atomic mass is 10.1. The molecule has 0 aromatic heterocycles. The Hall–Kier alpha value is -0.660. The number of amides is 1. The van der Waals surface area contributed by atoms with Crippen molar-refractivity contribution >= 4 is 15.9 Å². The fraction of sp³-hybridized carbons (Fsp3) is 0.889. The lowest BCUT2D eigenvalue weighted by molar-refractivity contribution is -0.149. The van der Waals surface area contributed by atoms with E-state index in [1.807, 2.05) is 0 Å². The fourth-order valence-corrected chi connectivity index (χ4v) is 2.44. The minimum Gasteiger partial charge on any atom is -0.381 e. The van der Waals surface area contributed by atoms with E-state index in [4.69, 9.17) is 0 Å². The molecule has 0 saturated carbocycles. The van der Waals surface area contributed by atoms with Crippen LogP contribution in [0.5, 0.6) is 0 Å². The molecule has 94 valence electrons. The fourth-order valence-electron chi connectivity index (χ4n) is 1.61. The highest BCUT2D eigenvalue weighted by atomic mass is 32.2. The number of piperazine rings is 1. The van der Waals surface area contributed by atoms with E-state index < -0.39 is 15.6 Å². The van der Waals surface area contributed by atoms with Crippen LogP contribution in [0.1, 0.15) is 13.8 Å². The maximum atomic E-state index is 11.7. The number of carbonyl (C=O) groups is 1. The molecule has 1 rings (SSSR count). The van der Waals surface area contributed by atoms with Crippen LogP contribution in [0.2, 0.25) is 0 Å². The van der Waals surface area contributed by atoms with Crippen molar-refractivity contribution in [3.8, 4) is 0 Å². The second-order valence-electron chi connectivity index (χ2n) is 4.51. The van der Waals surface area contributed by atoms with Gasteiger partial charge in [-0.15, -0.1) is 0 Å². The Morgan fingerprint density at radius 2 is 1.62 bits per heavy atom. The van der Waals surface area contributed by atoms with E-state index in [0.717, 1.165) is 6.26 Å². The third-order valence-corrected chi connectivity index (χ3v) is 3.82. The summed E-state index contributed by atoms with van der Waals surface area (Å²) in [4.78, 5) is 13.2. The van der Waals surface area contributed by atoms with Crippen molar-refractivity contribution < 1.29 is 18.3 Å². The van der Waals surface area contributed by atoms with Crippen LogP contribution < -0.4 is 0 Å². The molecule has 1 saturated heterocycles. The minimum atomic E-state index is -3.18. The molecule has 1 N–H and O–H groups in total. The van der Waals surface area contributed by atoms with E-state index in [1.54, 1.807) is 0 Å². The van der Waals surface area contributed by atoms with Crippen molar-refractivity contribution in [3.05, 3.63) is 0 Å². The van der Waals surface area contributed by atoms with Crippen LogP contribution in [-0.2, 0) is 14.8 Å². The molecule has 1 aliphatic rings. The highest BCUT2D eigenvalue weighted by Gasteiger charge is 2.33. The lowest BCUT2D eigenvalue weighted by Crippen LogP contribution is -2.54. The molecule has 0 atom stereocenters. The Kier molecular flexibility index (Phi) is 3.61. The van der Waals surface area contributed by atoms with E-state index >= 15 is 0 Å². The molecule has 1 amide bonds. The van der Waals surface area contributed by atoms with Crippen LogP contribution in [-0.4, -0.2) is 66.7 Å². The molecule has 0 spiro atoms. The van der Waals surface area contributed by atoms with Gasteiger partial charge in [0.05, 0.1) is 6.26 Å². The van der Waals surface area contributed by atoms with Crippen LogP contribution >= 0.6 is 0 Å². The molecule has 0 bridgehead atoms. The smallest absolute Gasteiger partial charge is 0.254 e. The Balaban J connectivity index is 2.60. The van der Waals surface area contributed by atoms with E-state index in [0.29, 0.717) is 26.2 Å². The summed E-state index contributed by atoms with van der Waals surface area (Å²) in [5.41, 5.74) is -1.40. The molecule has 1 aliphatic heterocycles.